The Bertz CT molecular complexity index is 1010. The zero-order valence-electron chi connectivity index (χ0n) is 24.6. The summed E-state index contributed by atoms with van der Waals surface area (Å²) in [6.45, 7) is 14.5. The van der Waals surface area contributed by atoms with Gasteiger partial charge in [-0.1, -0.05) is 40.7 Å². The highest BCUT2D eigenvalue weighted by atomic mass is 16.7. The molecule has 12 heteroatoms. The van der Waals surface area contributed by atoms with E-state index in [1.54, 1.807) is 20.8 Å². The maximum Gasteiger partial charge on any atom is 0.513 e. The third-order valence-corrected chi connectivity index (χ3v) is 5.66. The predicted molar refractivity (Wildman–Crippen MR) is 144 cm³/mol. The first-order valence-corrected chi connectivity index (χ1v) is 13.3. The number of hydrogen-bond donors (Lipinski definition) is 2. The van der Waals surface area contributed by atoms with Crippen molar-refractivity contribution < 1.29 is 52.7 Å². The summed E-state index contributed by atoms with van der Waals surface area (Å²) in [5.74, 6) is -2.48. The average Bonchev–Trinajstić information content (AvgIpc) is 2.85. The average molecular weight is 570 g/mol. The molecule has 3 atom stereocenters. The van der Waals surface area contributed by atoms with E-state index in [-0.39, 0.29) is 43.0 Å². The molecule has 3 N–H and O–H groups in total. The summed E-state index contributed by atoms with van der Waals surface area (Å²) in [6.07, 6.45) is -3.21. The summed E-state index contributed by atoms with van der Waals surface area (Å²) in [5, 5.41) is 9.66. The van der Waals surface area contributed by atoms with Gasteiger partial charge in [0.05, 0.1) is 13.2 Å². The maximum absolute atomic E-state index is 12.3. The van der Waals surface area contributed by atoms with Gasteiger partial charge in [0.15, 0.2) is 11.5 Å². The van der Waals surface area contributed by atoms with Crippen molar-refractivity contribution in [2.45, 2.75) is 91.9 Å². The van der Waals surface area contributed by atoms with Gasteiger partial charge in [0.25, 0.3) is 0 Å². The number of ether oxygens (including phenoxy) is 6. The van der Waals surface area contributed by atoms with Gasteiger partial charge in [-0.2, -0.15) is 0 Å². The van der Waals surface area contributed by atoms with E-state index in [2.05, 4.69) is 0 Å². The molecule has 1 aromatic carbocycles. The monoisotopic (exact) mass is 569 g/mol. The molecule has 0 amide bonds. The van der Waals surface area contributed by atoms with Gasteiger partial charge in [-0.25, -0.2) is 14.4 Å². The minimum atomic E-state index is -1.42. The SMILES string of the molecule is CCC(C)(C)OC(=O)OC(C)CC(c1ccc(OC(=O)OCC(C)C)c(OC(=O)OCC(C)C)c1)[C@H](N)C(=O)O. The van der Waals surface area contributed by atoms with Crippen molar-refractivity contribution in [3.05, 3.63) is 23.8 Å². The van der Waals surface area contributed by atoms with Crippen LogP contribution in [0.1, 0.15) is 79.7 Å². The van der Waals surface area contributed by atoms with Crippen molar-refractivity contribution in [3.8, 4) is 11.5 Å². The minimum Gasteiger partial charge on any atom is -0.480 e. The van der Waals surface area contributed by atoms with Gasteiger partial charge in [0.2, 0.25) is 0 Å². The molecule has 0 bridgehead atoms. The Kier molecular flexibility index (Phi) is 13.7. The van der Waals surface area contributed by atoms with Crippen LogP contribution in [0.4, 0.5) is 14.4 Å². The Hall–Kier alpha value is -3.54. The summed E-state index contributed by atoms with van der Waals surface area (Å²) in [5.41, 5.74) is 5.59. The highest BCUT2D eigenvalue weighted by Gasteiger charge is 2.31. The summed E-state index contributed by atoms with van der Waals surface area (Å²) >= 11 is 0. The predicted octanol–water partition coefficient (Wildman–Crippen LogP) is 5.65. The van der Waals surface area contributed by atoms with Crippen molar-refractivity contribution >= 4 is 24.4 Å². The third kappa shape index (κ3) is 12.5. The van der Waals surface area contributed by atoms with Crippen LogP contribution in [-0.4, -0.2) is 60.5 Å². The van der Waals surface area contributed by atoms with Gasteiger partial charge in [0, 0.05) is 5.92 Å². The van der Waals surface area contributed by atoms with E-state index in [1.165, 1.54) is 18.2 Å². The van der Waals surface area contributed by atoms with Crippen LogP contribution in [0.3, 0.4) is 0 Å². The number of rotatable bonds is 14. The molecule has 226 valence electrons. The van der Waals surface area contributed by atoms with E-state index < -0.39 is 48.1 Å². The van der Waals surface area contributed by atoms with Crippen molar-refractivity contribution in [1.29, 1.82) is 0 Å². The molecule has 12 nitrogen and oxygen atoms in total. The number of hydrogen-bond acceptors (Lipinski definition) is 11. The van der Waals surface area contributed by atoms with E-state index >= 15 is 0 Å². The van der Waals surface area contributed by atoms with Crippen LogP contribution in [0.5, 0.6) is 11.5 Å². The van der Waals surface area contributed by atoms with Crippen molar-refractivity contribution in [1.82, 2.24) is 0 Å². The van der Waals surface area contributed by atoms with Gasteiger partial charge in [-0.3, -0.25) is 4.79 Å². The molecule has 0 radical (unpaired) electrons. The summed E-state index contributed by atoms with van der Waals surface area (Å²) in [7, 11) is 0. The fourth-order valence-corrected chi connectivity index (χ4v) is 3.18. The summed E-state index contributed by atoms with van der Waals surface area (Å²) < 4.78 is 31.3. The van der Waals surface area contributed by atoms with Crippen LogP contribution in [0.15, 0.2) is 18.2 Å². The van der Waals surface area contributed by atoms with Crippen LogP contribution in [0.2, 0.25) is 0 Å². The van der Waals surface area contributed by atoms with Gasteiger partial charge < -0.3 is 39.3 Å². The highest BCUT2D eigenvalue weighted by Crippen LogP contribution is 2.35. The van der Waals surface area contributed by atoms with Gasteiger partial charge in [-0.05, 0) is 63.1 Å². The first-order valence-electron chi connectivity index (χ1n) is 13.3. The van der Waals surface area contributed by atoms with Gasteiger partial charge in [-0.15, -0.1) is 0 Å². The second kappa shape index (κ2) is 15.9. The van der Waals surface area contributed by atoms with E-state index in [9.17, 15) is 24.3 Å². The Morgan fingerprint density at radius 1 is 0.875 bits per heavy atom. The maximum atomic E-state index is 12.3. The Labute approximate surface area is 235 Å². The molecule has 40 heavy (non-hydrogen) atoms. The quantitative estimate of drug-likeness (QED) is 0.161. The molecule has 0 aromatic heterocycles. The molecule has 0 saturated heterocycles. The van der Waals surface area contributed by atoms with Crippen LogP contribution in [0.25, 0.3) is 0 Å². The standard InChI is InChI=1S/C28H43NO11/c1-9-28(7,8)40-27(34)37-18(6)12-20(23(29)24(30)31)19-10-11-21(38-25(32)35-14-16(2)3)22(13-19)39-26(33)36-15-17(4)5/h10-11,13,16-18,20,23H,9,12,14-15,29H2,1-8H3,(H,30,31)/t18?,20?,23-/m0/s1. The van der Waals surface area contributed by atoms with Gasteiger partial charge >= 0.3 is 24.4 Å². The van der Waals surface area contributed by atoms with E-state index in [4.69, 9.17) is 34.2 Å². The normalized spacial score (nSPS) is 13.7. The number of carbonyl (C=O) groups is 4. The molecular formula is C28H43NO11. The van der Waals surface area contributed by atoms with Crippen molar-refractivity contribution in [2.75, 3.05) is 13.2 Å². The number of carboxylic acids is 1. The number of nitrogens with two attached hydrogens (primary N) is 1. The number of benzene rings is 1. The van der Waals surface area contributed by atoms with Crippen LogP contribution in [-0.2, 0) is 23.7 Å². The zero-order chi connectivity index (χ0) is 30.6. The lowest BCUT2D eigenvalue weighted by Crippen LogP contribution is -2.38. The molecular weight excluding hydrogens is 526 g/mol. The molecule has 2 unspecified atom stereocenters. The molecule has 0 spiro atoms. The Morgan fingerprint density at radius 2 is 1.40 bits per heavy atom. The molecule has 0 heterocycles. The first-order chi connectivity index (χ1) is 18.5. The second-order valence-electron chi connectivity index (χ2n) is 10.9. The summed E-state index contributed by atoms with van der Waals surface area (Å²) in [4.78, 5) is 48.6. The van der Waals surface area contributed by atoms with E-state index in [0.29, 0.717) is 12.0 Å². The van der Waals surface area contributed by atoms with E-state index in [0.717, 1.165) is 0 Å². The molecule has 0 aliphatic carbocycles. The molecule has 1 rings (SSSR count). The van der Waals surface area contributed by atoms with E-state index in [1.807, 2.05) is 34.6 Å². The molecule has 1 aromatic rings. The van der Waals surface area contributed by atoms with Crippen LogP contribution in [0, 0.1) is 11.8 Å². The Balaban J connectivity index is 3.29. The molecule has 0 aliphatic heterocycles. The minimum absolute atomic E-state index is 0.0109. The topological polar surface area (TPSA) is 170 Å². The van der Waals surface area contributed by atoms with Crippen molar-refractivity contribution in [3.63, 3.8) is 0 Å². The molecule has 0 fully saturated rings. The second-order valence-corrected chi connectivity index (χ2v) is 10.9. The molecule has 0 aliphatic rings. The first kappa shape index (κ1) is 34.5. The number of carbonyl (C=O) groups excluding carboxylic acids is 3. The number of aliphatic carboxylic acids is 1. The third-order valence-electron chi connectivity index (χ3n) is 5.66. The zero-order valence-corrected chi connectivity index (χ0v) is 24.6. The lowest BCUT2D eigenvalue weighted by atomic mass is 9.87. The highest BCUT2D eigenvalue weighted by molar-refractivity contribution is 5.75. The lowest BCUT2D eigenvalue weighted by Gasteiger charge is -2.27. The Morgan fingerprint density at radius 3 is 1.88 bits per heavy atom. The van der Waals surface area contributed by atoms with Crippen LogP contribution < -0.4 is 15.2 Å². The summed E-state index contributed by atoms with van der Waals surface area (Å²) in [6, 6.07) is 2.69. The smallest absolute Gasteiger partial charge is 0.480 e. The fraction of sp³-hybridized carbons (Fsp3) is 0.643. The van der Waals surface area contributed by atoms with Crippen LogP contribution >= 0.6 is 0 Å². The van der Waals surface area contributed by atoms with Gasteiger partial charge in [0.1, 0.15) is 17.7 Å². The van der Waals surface area contributed by atoms with Crippen molar-refractivity contribution in [2.24, 2.45) is 17.6 Å². The number of carboxylic acid groups (broad SMARTS) is 1. The molecule has 0 saturated carbocycles. The fourth-order valence-electron chi connectivity index (χ4n) is 3.18. The lowest BCUT2D eigenvalue weighted by molar-refractivity contribution is -0.139. The largest absolute Gasteiger partial charge is 0.513 e.